The molecule has 0 aromatic carbocycles. The van der Waals surface area contributed by atoms with Crippen LogP contribution in [0.15, 0.2) is 4.42 Å². The third-order valence-electron chi connectivity index (χ3n) is 2.01. The van der Waals surface area contributed by atoms with Crippen LogP contribution in [0.5, 0.6) is 0 Å². The van der Waals surface area contributed by atoms with E-state index in [2.05, 4.69) is 20.8 Å². The quantitative estimate of drug-likeness (QED) is 0.735. The summed E-state index contributed by atoms with van der Waals surface area (Å²) < 4.78 is 10.1. The molecule has 2 heterocycles. The first-order valence-corrected chi connectivity index (χ1v) is 4.69. The smallest absolute Gasteiger partial charge is 0.323 e. The monoisotopic (exact) mass is 212 g/mol. The molecule has 2 amide bonds. The number of rotatable bonds is 2. The number of amides is 2. The first-order valence-electron chi connectivity index (χ1n) is 4.69. The Balaban J connectivity index is 1.81. The molecule has 2 rings (SSSR count). The molecule has 1 aliphatic heterocycles. The Kier molecular flexibility index (Phi) is 2.82. The highest BCUT2D eigenvalue weighted by molar-refractivity contribution is 5.87. The Bertz CT molecular complexity index is 345. The van der Waals surface area contributed by atoms with Gasteiger partial charge in [0.05, 0.1) is 12.6 Å². The van der Waals surface area contributed by atoms with Gasteiger partial charge in [0.15, 0.2) is 0 Å². The van der Waals surface area contributed by atoms with Crippen LogP contribution in [-0.4, -0.2) is 35.5 Å². The molecule has 0 saturated carbocycles. The van der Waals surface area contributed by atoms with Gasteiger partial charge in [-0.3, -0.25) is 5.32 Å². The number of nitrogens with one attached hydrogen (secondary N) is 2. The standard InChI is InChI=1S/C8H12N4O3/c1-5-11-12-8(15-5)10-7(13)9-6-2-3-14-4-6/h6H,2-4H2,1H3,(H2,9,10,12,13). The molecule has 0 spiro atoms. The van der Waals surface area contributed by atoms with Gasteiger partial charge in [0.2, 0.25) is 5.89 Å². The van der Waals surface area contributed by atoms with Gasteiger partial charge in [-0.1, -0.05) is 5.10 Å². The van der Waals surface area contributed by atoms with E-state index < -0.39 is 0 Å². The Morgan fingerprint density at radius 3 is 3.00 bits per heavy atom. The molecule has 1 saturated heterocycles. The van der Waals surface area contributed by atoms with Crippen LogP contribution in [0.2, 0.25) is 0 Å². The minimum atomic E-state index is -0.353. The number of nitrogens with zero attached hydrogens (tertiary/aromatic N) is 2. The molecule has 0 radical (unpaired) electrons. The first kappa shape index (κ1) is 9.91. The summed E-state index contributed by atoms with van der Waals surface area (Å²) in [6.07, 6.45) is 0.830. The SMILES string of the molecule is Cc1nnc(NC(=O)NC2CCOC2)o1. The van der Waals surface area contributed by atoms with Crippen molar-refractivity contribution >= 4 is 12.0 Å². The number of hydrogen-bond acceptors (Lipinski definition) is 5. The van der Waals surface area contributed by atoms with Crippen LogP contribution >= 0.6 is 0 Å². The normalized spacial score (nSPS) is 20.2. The van der Waals surface area contributed by atoms with Crippen LogP contribution in [0.1, 0.15) is 12.3 Å². The van der Waals surface area contributed by atoms with E-state index in [1.807, 2.05) is 0 Å². The number of hydrogen-bond donors (Lipinski definition) is 2. The number of anilines is 1. The second-order valence-electron chi connectivity index (χ2n) is 3.29. The highest BCUT2D eigenvalue weighted by atomic mass is 16.5. The topological polar surface area (TPSA) is 89.3 Å². The Hall–Kier alpha value is -1.63. The summed E-state index contributed by atoms with van der Waals surface area (Å²) in [4.78, 5) is 11.4. The maximum Gasteiger partial charge on any atom is 0.323 e. The van der Waals surface area contributed by atoms with E-state index in [-0.39, 0.29) is 18.1 Å². The van der Waals surface area contributed by atoms with Crippen molar-refractivity contribution < 1.29 is 13.9 Å². The van der Waals surface area contributed by atoms with Gasteiger partial charge < -0.3 is 14.5 Å². The van der Waals surface area contributed by atoms with Crippen LogP contribution in [0.25, 0.3) is 0 Å². The number of urea groups is 1. The summed E-state index contributed by atoms with van der Waals surface area (Å²) in [7, 11) is 0. The Morgan fingerprint density at radius 1 is 1.53 bits per heavy atom. The van der Waals surface area contributed by atoms with Gasteiger partial charge in [-0.15, -0.1) is 5.10 Å². The van der Waals surface area contributed by atoms with E-state index >= 15 is 0 Å². The largest absolute Gasteiger partial charge is 0.408 e. The van der Waals surface area contributed by atoms with Crippen molar-refractivity contribution in [2.45, 2.75) is 19.4 Å². The zero-order valence-corrected chi connectivity index (χ0v) is 8.32. The van der Waals surface area contributed by atoms with E-state index in [1.54, 1.807) is 6.92 Å². The molecule has 1 unspecified atom stereocenters. The predicted octanol–water partition coefficient (Wildman–Crippen LogP) is 0.288. The molecule has 7 nitrogen and oxygen atoms in total. The molecular weight excluding hydrogens is 200 g/mol. The lowest BCUT2D eigenvalue weighted by atomic mass is 10.3. The van der Waals surface area contributed by atoms with Crippen molar-refractivity contribution in [2.24, 2.45) is 0 Å². The van der Waals surface area contributed by atoms with E-state index in [9.17, 15) is 4.79 Å². The number of ether oxygens (including phenoxy) is 1. The van der Waals surface area contributed by atoms with Crippen molar-refractivity contribution in [3.05, 3.63) is 5.89 Å². The van der Waals surface area contributed by atoms with Gasteiger partial charge >= 0.3 is 12.0 Å². The highest BCUT2D eigenvalue weighted by Gasteiger charge is 2.18. The van der Waals surface area contributed by atoms with E-state index in [0.717, 1.165) is 6.42 Å². The van der Waals surface area contributed by atoms with Gasteiger partial charge in [0, 0.05) is 13.5 Å². The fraction of sp³-hybridized carbons (Fsp3) is 0.625. The van der Waals surface area contributed by atoms with Gasteiger partial charge in [0.1, 0.15) is 0 Å². The summed E-state index contributed by atoms with van der Waals surface area (Å²) in [6.45, 7) is 2.89. The molecule has 82 valence electrons. The minimum absolute atomic E-state index is 0.0639. The van der Waals surface area contributed by atoms with Crippen molar-refractivity contribution in [2.75, 3.05) is 18.5 Å². The summed E-state index contributed by atoms with van der Waals surface area (Å²) in [5, 5.41) is 12.4. The van der Waals surface area contributed by atoms with Gasteiger partial charge in [-0.25, -0.2) is 4.79 Å². The molecular formula is C8H12N4O3. The predicted molar refractivity (Wildman–Crippen MR) is 50.4 cm³/mol. The molecule has 0 bridgehead atoms. The zero-order valence-electron chi connectivity index (χ0n) is 8.32. The molecule has 1 aliphatic rings. The van der Waals surface area contributed by atoms with Crippen LogP contribution in [-0.2, 0) is 4.74 Å². The molecule has 1 atom stereocenters. The summed E-state index contributed by atoms with van der Waals surface area (Å²) in [5.41, 5.74) is 0. The van der Waals surface area contributed by atoms with E-state index in [4.69, 9.17) is 9.15 Å². The van der Waals surface area contributed by atoms with Crippen LogP contribution in [0.4, 0.5) is 10.8 Å². The zero-order chi connectivity index (χ0) is 10.7. The lowest BCUT2D eigenvalue weighted by Gasteiger charge is -2.09. The van der Waals surface area contributed by atoms with Crippen LogP contribution in [0.3, 0.4) is 0 Å². The number of aromatic nitrogens is 2. The Morgan fingerprint density at radius 2 is 2.40 bits per heavy atom. The summed E-state index contributed by atoms with van der Waals surface area (Å²) in [5.74, 6) is 0.412. The van der Waals surface area contributed by atoms with Crippen molar-refractivity contribution in [1.29, 1.82) is 0 Å². The molecule has 1 aromatic heterocycles. The molecule has 1 aromatic rings. The maximum atomic E-state index is 11.4. The van der Waals surface area contributed by atoms with E-state index in [0.29, 0.717) is 19.1 Å². The van der Waals surface area contributed by atoms with Gasteiger partial charge in [-0.05, 0) is 6.42 Å². The van der Waals surface area contributed by atoms with Gasteiger partial charge in [-0.2, -0.15) is 0 Å². The lowest BCUT2D eigenvalue weighted by Crippen LogP contribution is -2.38. The fourth-order valence-corrected chi connectivity index (χ4v) is 1.31. The Labute approximate surface area is 86.2 Å². The molecule has 7 heteroatoms. The maximum absolute atomic E-state index is 11.4. The fourth-order valence-electron chi connectivity index (χ4n) is 1.31. The van der Waals surface area contributed by atoms with E-state index in [1.165, 1.54) is 0 Å². The van der Waals surface area contributed by atoms with Crippen molar-refractivity contribution in [1.82, 2.24) is 15.5 Å². The highest BCUT2D eigenvalue weighted by Crippen LogP contribution is 2.05. The summed E-state index contributed by atoms with van der Waals surface area (Å²) in [6, 6.07) is -0.188. The second kappa shape index (κ2) is 4.26. The van der Waals surface area contributed by atoms with Crippen molar-refractivity contribution in [3.8, 4) is 0 Å². The first-order chi connectivity index (χ1) is 7.24. The molecule has 15 heavy (non-hydrogen) atoms. The van der Waals surface area contributed by atoms with Crippen molar-refractivity contribution in [3.63, 3.8) is 0 Å². The number of carbonyl (C=O) groups excluding carboxylic acids is 1. The van der Waals surface area contributed by atoms with Crippen LogP contribution in [0, 0.1) is 6.92 Å². The second-order valence-corrected chi connectivity index (χ2v) is 3.29. The minimum Gasteiger partial charge on any atom is -0.408 e. The third kappa shape index (κ3) is 2.66. The lowest BCUT2D eigenvalue weighted by molar-refractivity contribution is 0.189. The van der Waals surface area contributed by atoms with Crippen LogP contribution < -0.4 is 10.6 Å². The van der Waals surface area contributed by atoms with Gasteiger partial charge in [0.25, 0.3) is 0 Å². The molecule has 0 aliphatic carbocycles. The number of aryl methyl sites for hydroxylation is 1. The third-order valence-corrected chi connectivity index (χ3v) is 2.01. The molecule has 2 N–H and O–H groups in total. The average Bonchev–Trinajstić information content (AvgIpc) is 2.77. The summed E-state index contributed by atoms with van der Waals surface area (Å²) >= 11 is 0. The molecule has 1 fully saturated rings. The average molecular weight is 212 g/mol. The number of carbonyl (C=O) groups is 1.